The summed E-state index contributed by atoms with van der Waals surface area (Å²) in [6.45, 7) is 2.33. The fraction of sp³-hybridized carbons (Fsp3) is 0.312. The van der Waals surface area contributed by atoms with E-state index in [0.717, 1.165) is 22.2 Å². The van der Waals surface area contributed by atoms with E-state index in [4.69, 9.17) is 9.47 Å². The van der Waals surface area contributed by atoms with Crippen LogP contribution in [0, 0.1) is 0 Å². The Morgan fingerprint density at radius 2 is 2.12 bits per heavy atom. The number of imide groups is 1. The van der Waals surface area contributed by atoms with Crippen molar-refractivity contribution in [3.63, 3.8) is 0 Å². The molecule has 1 aromatic rings. The molecule has 0 radical (unpaired) electrons. The zero-order chi connectivity index (χ0) is 17.1. The van der Waals surface area contributed by atoms with Gasteiger partial charge in [0.15, 0.2) is 11.5 Å². The van der Waals surface area contributed by atoms with Gasteiger partial charge in [0.05, 0.1) is 4.91 Å². The third-order valence-electron chi connectivity index (χ3n) is 3.55. The van der Waals surface area contributed by atoms with Gasteiger partial charge < -0.3 is 14.8 Å². The summed E-state index contributed by atoms with van der Waals surface area (Å²) in [6, 6.07) is 5.32. The first-order chi connectivity index (χ1) is 11.6. The summed E-state index contributed by atoms with van der Waals surface area (Å²) in [5, 5.41) is 2.31. The molecule has 0 aliphatic carbocycles. The van der Waals surface area contributed by atoms with Crippen LogP contribution in [0.1, 0.15) is 18.9 Å². The Balaban J connectivity index is 1.68. The highest BCUT2D eigenvalue weighted by molar-refractivity contribution is 8.18. The third-order valence-corrected chi connectivity index (χ3v) is 4.45. The summed E-state index contributed by atoms with van der Waals surface area (Å²) < 4.78 is 10.5. The predicted molar refractivity (Wildman–Crippen MR) is 88.5 cm³/mol. The van der Waals surface area contributed by atoms with Gasteiger partial charge in [-0.1, -0.05) is 13.0 Å². The SMILES string of the molecule is CCC(=O)NCCN1C(=O)SC(=Cc2ccc3c(c2)OCO3)C1=O. The molecule has 1 fully saturated rings. The molecule has 0 saturated carbocycles. The molecule has 24 heavy (non-hydrogen) atoms. The van der Waals surface area contributed by atoms with Crippen molar-refractivity contribution < 1.29 is 23.9 Å². The van der Waals surface area contributed by atoms with E-state index >= 15 is 0 Å². The van der Waals surface area contributed by atoms with Gasteiger partial charge in [0.1, 0.15) is 0 Å². The number of nitrogens with one attached hydrogen (secondary N) is 1. The molecule has 7 nitrogen and oxygen atoms in total. The standard InChI is InChI=1S/C16H16N2O5S/c1-2-14(19)17-5-6-18-15(20)13(24-16(18)21)8-10-3-4-11-12(7-10)23-9-22-11/h3-4,7-8H,2,5-6,9H2,1H3,(H,17,19). The van der Waals surface area contributed by atoms with Crippen molar-refractivity contribution >= 4 is 34.9 Å². The van der Waals surface area contributed by atoms with Gasteiger partial charge in [-0.25, -0.2) is 0 Å². The minimum atomic E-state index is -0.353. The molecule has 3 rings (SSSR count). The molecule has 2 aliphatic heterocycles. The summed E-state index contributed by atoms with van der Waals surface area (Å²) in [5.41, 5.74) is 0.754. The second-order valence-electron chi connectivity index (χ2n) is 5.15. The van der Waals surface area contributed by atoms with Crippen molar-refractivity contribution in [2.75, 3.05) is 19.9 Å². The van der Waals surface area contributed by atoms with E-state index in [0.29, 0.717) is 22.8 Å². The van der Waals surface area contributed by atoms with Gasteiger partial charge in [-0.2, -0.15) is 0 Å². The van der Waals surface area contributed by atoms with Crippen LogP contribution in [-0.4, -0.2) is 41.8 Å². The Bertz CT molecular complexity index is 731. The fourth-order valence-corrected chi connectivity index (χ4v) is 3.14. The molecule has 0 unspecified atom stereocenters. The molecule has 0 spiro atoms. The molecule has 0 aromatic heterocycles. The highest BCUT2D eigenvalue weighted by Gasteiger charge is 2.34. The molecule has 2 heterocycles. The maximum Gasteiger partial charge on any atom is 0.293 e. The van der Waals surface area contributed by atoms with E-state index in [2.05, 4.69) is 5.32 Å². The molecule has 1 N–H and O–H groups in total. The van der Waals surface area contributed by atoms with Crippen LogP contribution in [0.25, 0.3) is 6.08 Å². The number of benzene rings is 1. The van der Waals surface area contributed by atoms with Crippen molar-refractivity contribution in [3.05, 3.63) is 28.7 Å². The summed E-state index contributed by atoms with van der Waals surface area (Å²) in [6.07, 6.45) is 2.02. The van der Waals surface area contributed by atoms with Gasteiger partial charge in [-0.15, -0.1) is 0 Å². The summed E-state index contributed by atoms with van der Waals surface area (Å²) in [5.74, 6) is 0.809. The van der Waals surface area contributed by atoms with Crippen molar-refractivity contribution in [1.29, 1.82) is 0 Å². The Morgan fingerprint density at radius 3 is 2.92 bits per heavy atom. The lowest BCUT2D eigenvalue weighted by Crippen LogP contribution is -2.37. The first kappa shape index (κ1) is 16.4. The van der Waals surface area contributed by atoms with Gasteiger partial charge in [-0.05, 0) is 35.5 Å². The van der Waals surface area contributed by atoms with Gasteiger partial charge >= 0.3 is 0 Å². The lowest BCUT2D eigenvalue weighted by Gasteiger charge is -2.12. The second kappa shape index (κ2) is 6.96. The maximum absolute atomic E-state index is 12.3. The summed E-state index contributed by atoms with van der Waals surface area (Å²) in [4.78, 5) is 37.0. The van der Waals surface area contributed by atoms with Crippen molar-refractivity contribution in [3.8, 4) is 11.5 Å². The predicted octanol–water partition coefficient (Wildman–Crippen LogP) is 1.98. The lowest BCUT2D eigenvalue weighted by atomic mass is 10.2. The number of hydrogen-bond acceptors (Lipinski definition) is 6. The minimum absolute atomic E-state index is 0.113. The van der Waals surface area contributed by atoms with Crippen LogP contribution in [0.5, 0.6) is 11.5 Å². The minimum Gasteiger partial charge on any atom is -0.454 e. The quantitative estimate of drug-likeness (QED) is 0.819. The molecule has 1 aromatic carbocycles. The molecular formula is C16H16N2O5S. The highest BCUT2D eigenvalue weighted by Crippen LogP contribution is 2.36. The monoisotopic (exact) mass is 348 g/mol. The number of hydrogen-bond donors (Lipinski definition) is 1. The van der Waals surface area contributed by atoms with E-state index in [1.165, 1.54) is 0 Å². The van der Waals surface area contributed by atoms with E-state index in [1.54, 1.807) is 31.2 Å². The second-order valence-corrected chi connectivity index (χ2v) is 6.14. The van der Waals surface area contributed by atoms with Gasteiger partial charge in [0.25, 0.3) is 11.1 Å². The first-order valence-corrected chi connectivity index (χ1v) is 8.32. The van der Waals surface area contributed by atoms with Gasteiger partial charge in [0.2, 0.25) is 12.7 Å². The van der Waals surface area contributed by atoms with Crippen LogP contribution in [0.4, 0.5) is 4.79 Å². The number of fused-ring (bicyclic) bond motifs is 1. The number of rotatable bonds is 5. The number of nitrogens with zero attached hydrogens (tertiary/aromatic N) is 1. The Morgan fingerprint density at radius 1 is 1.33 bits per heavy atom. The average Bonchev–Trinajstić information content (AvgIpc) is 3.14. The zero-order valence-electron chi connectivity index (χ0n) is 13.0. The molecule has 2 aliphatic rings. The highest BCUT2D eigenvalue weighted by atomic mass is 32.2. The molecule has 0 bridgehead atoms. The number of thioether (sulfide) groups is 1. The molecule has 3 amide bonds. The number of carbonyl (C=O) groups is 3. The van der Waals surface area contributed by atoms with E-state index in [9.17, 15) is 14.4 Å². The number of ether oxygens (including phenoxy) is 2. The molecule has 8 heteroatoms. The Kier molecular flexibility index (Phi) is 4.75. The number of amides is 3. The van der Waals surface area contributed by atoms with Crippen molar-refractivity contribution in [1.82, 2.24) is 10.2 Å². The molecule has 0 atom stereocenters. The Hall–Kier alpha value is -2.48. The Labute approximate surface area is 143 Å². The van der Waals surface area contributed by atoms with Crippen LogP contribution in [0.2, 0.25) is 0 Å². The van der Waals surface area contributed by atoms with Crippen LogP contribution < -0.4 is 14.8 Å². The van der Waals surface area contributed by atoms with Crippen molar-refractivity contribution in [2.24, 2.45) is 0 Å². The normalized spacial score (nSPS) is 17.7. The van der Waals surface area contributed by atoms with E-state index < -0.39 is 0 Å². The summed E-state index contributed by atoms with van der Waals surface area (Å²) >= 11 is 0.888. The van der Waals surface area contributed by atoms with E-state index in [1.807, 2.05) is 0 Å². The van der Waals surface area contributed by atoms with Crippen LogP contribution in [0.3, 0.4) is 0 Å². The molecule has 1 saturated heterocycles. The smallest absolute Gasteiger partial charge is 0.293 e. The van der Waals surface area contributed by atoms with Crippen LogP contribution >= 0.6 is 11.8 Å². The van der Waals surface area contributed by atoms with Crippen LogP contribution in [0.15, 0.2) is 23.1 Å². The molecular weight excluding hydrogens is 332 g/mol. The number of carbonyl (C=O) groups excluding carboxylic acids is 3. The zero-order valence-corrected chi connectivity index (χ0v) is 13.9. The third kappa shape index (κ3) is 3.38. The van der Waals surface area contributed by atoms with E-state index in [-0.39, 0.29) is 36.9 Å². The average molecular weight is 348 g/mol. The van der Waals surface area contributed by atoms with Gasteiger partial charge in [-0.3, -0.25) is 19.3 Å². The van der Waals surface area contributed by atoms with Crippen LogP contribution in [-0.2, 0) is 9.59 Å². The van der Waals surface area contributed by atoms with Gasteiger partial charge in [0, 0.05) is 19.5 Å². The van der Waals surface area contributed by atoms with Crippen molar-refractivity contribution in [2.45, 2.75) is 13.3 Å². The maximum atomic E-state index is 12.3. The largest absolute Gasteiger partial charge is 0.454 e. The topological polar surface area (TPSA) is 84.9 Å². The fourth-order valence-electron chi connectivity index (χ4n) is 2.28. The molecule has 126 valence electrons. The lowest BCUT2D eigenvalue weighted by molar-refractivity contribution is -0.124. The summed E-state index contributed by atoms with van der Waals surface area (Å²) in [7, 11) is 0. The first-order valence-electron chi connectivity index (χ1n) is 7.50.